The summed E-state index contributed by atoms with van der Waals surface area (Å²) in [6.07, 6.45) is 0.839. The Bertz CT molecular complexity index is 803. The highest BCUT2D eigenvalue weighted by atomic mass is 32.2. The molecule has 1 amide bonds. The molecule has 0 spiro atoms. The van der Waals surface area contributed by atoms with E-state index in [2.05, 4.69) is 29.6 Å². The van der Waals surface area contributed by atoms with Crippen LogP contribution in [0.1, 0.15) is 21.5 Å². The van der Waals surface area contributed by atoms with Gasteiger partial charge in [-0.3, -0.25) is 4.79 Å². The average Bonchev–Trinajstić information content (AvgIpc) is 2.68. The summed E-state index contributed by atoms with van der Waals surface area (Å²) in [5.74, 6) is 0.849. The molecule has 0 fully saturated rings. The molecule has 0 aliphatic heterocycles. The zero-order chi connectivity index (χ0) is 17.3. The van der Waals surface area contributed by atoms with E-state index in [0.717, 1.165) is 22.6 Å². The molecule has 0 saturated carbocycles. The van der Waals surface area contributed by atoms with Gasteiger partial charge in [-0.25, -0.2) is 0 Å². The number of rotatable bonds is 7. The van der Waals surface area contributed by atoms with Gasteiger partial charge in [-0.1, -0.05) is 72.8 Å². The lowest BCUT2D eigenvalue weighted by atomic mass is 10.1. The van der Waals surface area contributed by atoms with E-state index < -0.39 is 0 Å². The number of thioether (sulfide) groups is 1. The minimum absolute atomic E-state index is 0.00732. The van der Waals surface area contributed by atoms with E-state index in [1.807, 2.05) is 60.7 Å². The molecule has 1 N–H and O–H groups in total. The molecule has 0 aliphatic rings. The Morgan fingerprint density at radius 3 is 2.08 bits per heavy atom. The summed E-state index contributed by atoms with van der Waals surface area (Å²) in [5, 5.41) is 3.03. The molecular formula is C22H21NOS. The van der Waals surface area contributed by atoms with Gasteiger partial charge >= 0.3 is 0 Å². The van der Waals surface area contributed by atoms with E-state index in [-0.39, 0.29) is 5.91 Å². The highest BCUT2D eigenvalue weighted by Crippen LogP contribution is 2.26. The normalized spacial score (nSPS) is 10.4. The summed E-state index contributed by atoms with van der Waals surface area (Å²) >= 11 is 1.70. The van der Waals surface area contributed by atoms with E-state index in [4.69, 9.17) is 0 Å². The van der Waals surface area contributed by atoms with Crippen LogP contribution in [-0.2, 0) is 12.2 Å². The van der Waals surface area contributed by atoms with Gasteiger partial charge in [0.15, 0.2) is 0 Å². The van der Waals surface area contributed by atoms with Crippen molar-refractivity contribution >= 4 is 17.7 Å². The summed E-state index contributed by atoms with van der Waals surface area (Å²) in [6, 6.07) is 28.3. The zero-order valence-electron chi connectivity index (χ0n) is 14.0. The highest BCUT2D eigenvalue weighted by Gasteiger charge is 2.11. The Morgan fingerprint density at radius 2 is 1.36 bits per heavy atom. The molecule has 0 aliphatic carbocycles. The maximum atomic E-state index is 12.5. The fourth-order valence-electron chi connectivity index (χ4n) is 2.58. The maximum absolute atomic E-state index is 12.5. The third-order valence-corrected chi connectivity index (χ3v) is 5.06. The predicted molar refractivity (Wildman–Crippen MR) is 105 cm³/mol. The predicted octanol–water partition coefficient (Wildman–Crippen LogP) is 4.95. The fourth-order valence-corrected chi connectivity index (χ4v) is 3.58. The Morgan fingerprint density at radius 1 is 0.760 bits per heavy atom. The number of amides is 1. The van der Waals surface area contributed by atoms with Crippen molar-refractivity contribution in [2.45, 2.75) is 17.1 Å². The molecule has 0 saturated heterocycles. The fraction of sp³-hybridized carbons (Fsp3) is 0.136. The number of benzene rings is 3. The van der Waals surface area contributed by atoms with Gasteiger partial charge in [-0.2, -0.15) is 0 Å². The lowest BCUT2D eigenvalue weighted by Crippen LogP contribution is -2.26. The summed E-state index contributed by atoms with van der Waals surface area (Å²) in [6.45, 7) is 0.639. The minimum atomic E-state index is -0.00732. The Kier molecular flexibility index (Phi) is 6.29. The SMILES string of the molecule is O=C(NCCc1ccccc1)c1ccccc1SCc1ccccc1. The first-order chi connectivity index (χ1) is 12.3. The first kappa shape index (κ1) is 17.3. The van der Waals surface area contributed by atoms with Gasteiger partial charge in [-0.15, -0.1) is 11.8 Å². The molecule has 3 aromatic rings. The third-order valence-electron chi connectivity index (χ3n) is 3.91. The molecule has 0 atom stereocenters. The van der Waals surface area contributed by atoms with Gasteiger partial charge in [0.2, 0.25) is 0 Å². The van der Waals surface area contributed by atoms with Crippen LogP contribution in [0, 0.1) is 0 Å². The van der Waals surface area contributed by atoms with Crippen LogP contribution in [0.15, 0.2) is 89.8 Å². The third kappa shape index (κ3) is 5.23. The molecule has 3 aromatic carbocycles. The molecule has 0 heterocycles. The second kappa shape index (κ2) is 9.09. The monoisotopic (exact) mass is 347 g/mol. The van der Waals surface area contributed by atoms with Crippen molar-refractivity contribution in [3.8, 4) is 0 Å². The topological polar surface area (TPSA) is 29.1 Å². The van der Waals surface area contributed by atoms with Crippen LogP contribution in [-0.4, -0.2) is 12.5 Å². The van der Waals surface area contributed by atoms with E-state index in [1.165, 1.54) is 11.1 Å². The van der Waals surface area contributed by atoms with Crippen LogP contribution in [0.4, 0.5) is 0 Å². The van der Waals surface area contributed by atoms with Crippen LogP contribution in [0.5, 0.6) is 0 Å². The van der Waals surface area contributed by atoms with Crippen LogP contribution in [0.2, 0.25) is 0 Å². The minimum Gasteiger partial charge on any atom is -0.352 e. The van der Waals surface area contributed by atoms with Crippen LogP contribution < -0.4 is 5.32 Å². The van der Waals surface area contributed by atoms with E-state index in [9.17, 15) is 4.79 Å². The Balaban J connectivity index is 1.58. The van der Waals surface area contributed by atoms with E-state index in [1.54, 1.807) is 11.8 Å². The number of hydrogen-bond acceptors (Lipinski definition) is 2. The summed E-state index contributed by atoms with van der Waals surface area (Å²) < 4.78 is 0. The van der Waals surface area contributed by atoms with Crippen LogP contribution >= 0.6 is 11.8 Å². The van der Waals surface area contributed by atoms with E-state index >= 15 is 0 Å². The van der Waals surface area contributed by atoms with Crippen molar-refractivity contribution in [3.63, 3.8) is 0 Å². The Hall–Kier alpha value is -2.52. The van der Waals surface area contributed by atoms with Crippen molar-refractivity contribution < 1.29 is 4.79 Å². The average molecular weight is 347 g/mol. The van der Waals surface area contributed by atoms with Gasteiger partial charge < -0.3 is 5.32 Å². The number of hydrogen-bond donors (Lipinski definition) is 1. The van der Waals surface area contributed by atoms with E-state index in [0.29, 0.717) is 6.54 Å². The second-order valence-electron chi connectivity index (χ2n) is 5.76. The van der Waals surface area contributed by atoms with Crippen LogP contribution in [0.25, 0.3) is 0 Å². The first-order valence-electron chi connectivity index (χ1n) is 8.41. The molecule has 3 rings (SSSR count). The Labute approximate surface area is 153 Å². The highest BCUT2D eigenvalue weighted by molar-refractivity contribution is 7.98. The molecule has 0 unspecified atom stereocenters. The maximum Gasteiger partial charge on any atom is 0.252 e. The molecule has 25 heavy (non-hydrogen) atoms. The largest absolute Gasteiger partial charge is 0.352 e. The lowest BCUT2D eigenvalue weighted by molar-refractivity contribution is 0.0951. The summed E-state index contributed by atoms with van der Waals surface area (Å²) in [5.41, 5.74) is 3.23. The van der Waals surface area contributed by atoms with Crippen LogP contribution in [0.3, 0.4) is 0 Å². The lowest BCUT2D eigenvalue weighted by Gasteiger charge is -2.10. The molecule has 126 valence electrons. The van der Waals surface area contributed by atoms with Gasteiger partial charge in [-0.05, 0) is 29.7 Å². The smallest absolute Gasteiger partial charge is 0.252 e. The van der Waals surface area contributed by atoms with Gasteiger partial charge in [0, 0.05) is 17.2 Å². The van der Waals surface area contributed by atoms with Gasteiger partial charge in [0.05, 0.1) is 5.56 Å². The quantitative estimate of drug-likeness (QED) is 0.613. The van der Waals surface area contributed by atoms with Gasteiger partial charge in [0.25, 0.3) is 5.91 Å². The molecule has 0 radical (unpaired) electrons. The standard InChI is InChI=1S/C22H21NOS/c24-22(23-16-15-18-9-3-1-4-10-18)20-13-7-8-14-21(20)25-17-19-11-5-2-6-12-19/h1-14H,15-17H2,(H,23,24). The molecule has 0 bridgehead atoms. The van der Waals surface area contributed by atoms with Crippen molar-refractivity contribution in [1.29, 1.82) is 0 Å². The molecule has 0 aromatic heterocycles. The van der Waals surface area contributed by atoms with Crippen molar-refractivity contribution in [2.24, 2.45) is 0 Å². The molecule has 3 heteroatoms. The number of carbonyl (C=O) groups is 1. The van der Waals surface area contributed by atoms with Crippen molar-refractivity contribution in [1.82, 2.24) is 5.32 Å². The van der Waals surface area contributed by atoms with Gasteiger partial charge in [0.1, 0.15) is 0 Å². The van der Waals surface area contributed by atoms with Crippen molar-refractivity contribution in [3.05, 3.63) is 102 Å². The zero-order valence-corrected chi connectivity index (χ0v) is 14.8. The second-order valence-corrected chi connectivity index (χ2v) is 6.78. The number of nitrogens with one attached hydrogen (secondary N) is 1. The summed E-state index contributed by atoms with van der Waals surface area (Å²) in [7, 11) is 0. The first-order valence-corrected chi connectivity index (χ1v) is 9.39. The van der Waals surface area contributed by atoms with Crippen molar-refractivity contribution in [2.75, 3.05) is 6.54 Å². The molecular weight excluding hydrogens is 326 g/mol. The number of carbonyl (C=O) groups excluding carboxylic acids is 1. The molecule has 2 nitrogen and oxygen atoms in total. The summed E-state index contributed by atoms with van der Waals surface area (Å²) in [4.78, 5) is 13.6.